The fourth-order valence-corrected chi connectivity index (χ4v) is 1.64. The molecule has 0 saturated heterocycles. The van der Waals surface area contributed by atoms with Crippen LogP contribution in [-0.2, 0) is 14.6 Å². The highest BCUT2D eigenvalue weighted by Gasteiger charge is 2.38. The number of carbonyl (C=O) groups excluding carboxylic acids is 1. The number of nitrogens with one attached hydrogen (secondary N) is 1. The van der Waals surface area contributed by atoms with Gasteiger partial charge in [-0.1, -0.05) is 15.9 Å². The van der Waals surface area contributed by atoms with Gasteiger partial charge in [0.05, 0.1) is 0 Å². The molecule has 0 aliphatic heterocycles. The maximum atomic E-state index is 11.9. The fraction of sp³-hybridized carbons (Fsp3) is 0.364. The fourth-order valence-electron chi connectivity index (χ4n) is 0.983. The standard InChI is InChI=1S/C11H14BrNO3S/c1-11(2,17(3,15)16)10(14)13-9-6-4-8(12)5-7-9/h4-7H,1-3H3,(H,13,14). The van der Waals surface area contributed by atoms with Gasteiger partial charge < -0.3 is 5.32 Å². The summed E-state index contributed by atoms with van der Waals surface area (Å²) >= 11 is 3.27. The molecular formula is C11H14BrNO3S. The van der Waals surface area contributed by atoms with Gasteiger partial charge in [0.1, 0.15) is 4.75 Å². The highest BCUT2D eigenvalue weighted by Crippen LogP contribution is 2.19. The van der Waals surface area contributed by atoms with Gasteiger partial charge in [0, 0.05) is 16.4 Å². The molecule has 0 bridgehead atoms. The Morgan fingerprint density at radius 2 is 1.71 bits per heavy atom. The van der Waals surface area contributed by atoms with Crippen molar-refractivity contribution < 1.29 is 13.2 Å². The van der Waals surface area contributed by atoms with Gasteiger partial charge in [-0.15, -0.1) is 0 Å². The number of carbonyl (C=O) groups is 1. The van der Waals surface area contributed by atoms with Crippen LogP contribution in [0, 0.1) is 0 Å². The number of hydrogen-bond acceptors (Lipinski definition) is 3. The summed E-state index contributed by atoms with van der Waals surface area (Å²) in [4.78, 5) is 11.9. The van der Waals surface area contributed by atoms with E-state index in [1.807, 2.05) is 0 Å². The maximum absolute atomic E-state index is 11.9. The molecule has 94 valence electrons. The first kappa shape index (κ1) is 14.2. The summed E-state index contributed by atoms with van der Waals surface area (Å²) in [7, 11) is -3.45. The second-order valence-electron chi connectivity index (χ2n) is 4.24. The quantitative estimate of drug-likeness (QED) is 0.929. The van der Waals surface area contributed by atoms with Crippen molar-refractivity contribution in [2.24, 2.45) is 0 Å². The molecular weight excluding hydrogens is 306 g/mol. The molecule has 1 aromatic rings. The highest BCUT2D eigenvalue weighted by molar-refractivity contribution is 9.10. The van der Waals surface area contributed by atoms with E-state index in [-0.39, 0.29) is 0 Å². The SMILES string of the molecule is CC(C)(C(=O)Nc1ccc(Br)cc1)S(C)(=O)=O. The second-order valence-corrected chi connectivity index (χ2v) is 7.72. The van der Waals surface area contributed by atoms with Crippen molar-refractivity contribution in [2.75, 3.05) is 11.6 Å². The lowest BCUT2D eigenvalue weighted by atomic mass is 10.2. The number of halogens is 1. The predicted octanol–water partition coefficient (Wildman–Crippen LogP) is 2.21. The zero-order valence-electron chi connectivity index (χ0n) is 9.82. The van der Waals surface area contributed by atoms with Gasteiger partial charge in [-0.2, -0.15) is 0 Å². The Kier molecular flexibility index (Phi) is 3.99. The third-order valence-electron chi connectivity index (χ3n) is 2.58. The van der Waals surface area contributed by atoms with Crippen LogP contribution in [-0.4, -0.2) is 25.3 Å². The Hall–Kier alpha value is -0.880. The van der Waals surface area contributed by atoms with Crippen LogP contribution >= 0.6 is 15.9 Å². The zero-order chi connectivity index (χ0) is 13.3. The van der Waals surface area contributed by atoms with Crippen molar-refractivity contribution in [3.63, 3.8) is 0 Å². The van der Waals surface area contributed by atoms with Crippen LogP contribution in [0.5, 0.6) is 0 Å². The molecule has 0 spiro atoms. The number of sulfone groups is 1. The van der Waals surface area contributed by atoms with Gasteiger partial charge >= 0.3 is 0 Å². The van der Waals surface area contributed by atoms with Gasteiger partial charge in [0.2, 0.25) is 5.91 Å². The number of benzene rings is 1. The van der Waals surface area contributed by atoms with Gasteiger partial charge in [0.15, 0.2) is 9.84 Å². The topological polar surface area (TPSA) is 63.2 Å². The molecule has 1 amide bonds. The van der Waals surface area contributed by atoms with Crippen LogP contribution in [0.25, 0.3) is 0 Å². The Bertz CT molecular complexity index is 520. The molecule has 1 rings (SSSR count). The first-order valence-electron chi connectivity index (χ1n) is 4.91. The van der Waals surface area contributed by atoms with Crippen LogP contribution < -0.4 is 5.32 Å². The molecule has 1 aromatic carbocycles. The lowest BCUT2D eigenvalue weighted by Crippen LogP contribution is -2.43. The number of anilines is 1. The maximum Gasteiger partial charge on any atom is 0.245 e. The largest absolute Gasteiger partial charge is 0.325 e. The van der Waals surface area contributed by atoms with Gasteiger partial charge in [0.25, 0.3) is 0 Å². The summed E-state index contributed by atoms with van der Waals surface area (Å²) in [5.74, 6) is -0.540. The lowest BCUT2D eigenvalue weighted by Gasteiger charge is -2.21. The molecule has 0 radical (unpaired) electrons. The van der Waals surface area contributed by atoms with Crippen molar-refractivity contribution >= 4 is 37.4 Å². The summed E-state index contributed by atoms with van der Waals surface area (Å²) in [5.41, 5.74) is 0.565. The van der Waals surface area contributed by atoms with Crippen molar-refractivity contribution in [3.8, 4) is 0 Å². The molecule has 0 aliphatic rings. The summed E-state index contributed by atoms with van der Waals surface area (Å²) in [5, 5.41) is 2.58. The second kappa shape index (κ2) is 4.78. The third-order valence-corrected chi connectivity index (χ3v) is 5.14. The summed E-state index contributed by atoms with van der Waals surface area (Å²) in [6.07, 6.45) is 1.05. The van der Waals surface area contributed by atoms with Crippen molar-refractivity contribution in [3.05, 3.63) is 28.7 Å². The zero-order valence-corrected chi connectivity index (χ0v) is 12.2. The molecule has 0 atom stereocenters. The Morgan fingerprint density at radius 3 is 2.12 bits per heavy atom. The van der Waals surface area contributed by atoms with E-state index in [0.717, 1.165) is 10.7 Å². The van der Waals surface area contributed by atoms with E-state index in [1.54, 1.807) is 24.3 Å². The molecule has 0 saturated carbocycles. The Labute approximate surface area is 109 Å². The number of hydrogen-bond donors (Lipinski definition) is 1. The Morgan fingerprint density at radius 1 is 1.24 bits per heavy atom. The molecule has 0 heterocycles. The third kappa shape index (κ3) is 3.29. The molecule has 17 heavy (non-hydrogen) atoms. The van der Waals surface area contributed by atoms with Crippen LogP contribution in [0.1, 0.15) is 13.8 Å². The van der Waals surface area contributed by atoms with Crippen molar-refractivity contribution in [1.29, 1.82) is 0 Å². The predicted molar refractivity (Wildman–Crippen MR) is 71.7 cm³/mol. The van der Waals surface area contributed by atoms with Crippen LogP contribution in [0.15, 0.2) is 28.7 Å². The summed E-state index contributed by atoms with van der Waals surface area (Å²) in [6, 6.07) is 6.92. The minimum atomic E-state index is -3.45. The molecule has 6 heteroatoms. The molecule has 0 aromatic heterocycles. The average Bonchev–Trinajstić information content (AvgIpc) is 2.19. The van der Waals surface area contributed by atoms with Crippen LogP contribution in [0.4, 0.5) is 5.69 Å². The monoisotopic (exact) mass is 319 g/mol. The van der Waals surface area contributed by atoms with E-state index in [0.29, 0.717) is 5.69 Å². The summed E-state index contributed by atoms with van der Waals surface area (Å²) < 4.78 is 22.4. The minimum Gasteiger partial charge on any atom is -0.325 e. The number of amides is 1. The van der Waals surface area contributed by atoms with Crippen LogP contribution in [0.3, 0.4) is 0 Å². The van der Waals surface area contributed by atoms with E-state index in [4.69, 9.17) is 0 Å². The van der Waals surface area contributed by atoms with E-state index in [1.165, 1.54) is 13.8 Å². The molecule has 1 N–H and O–H groups in total. The van der Waals surface area contributed by atoms with E-state index in [2.05, 4.69) is 21.2 Å². The summed E-state index contributed by atoms with van der Waals surface area (Å²) in [6.45, 7) is 2.77. The normalized spacial score (nSPS) is 12.2. The molecule has 0 unspecified atom stereocenters. The van der Waals surface area contributed by atoms with Crippen LogP contribution in [0.2, 0.25) is 0 Å². The average molecular weight is 320 g/mol. The van der Waals surface area contributed by atoms with E-state index >= 15 is 0 Å². The lowest BCUT2D eigenvalue weighted by molar-refractivity contribution is -0.117. The molecule has 0 fully saturated rings. The Balaban J connectivity index is 2.90. The van der Waals surface area contributed by atoms with Gasteiger partial charge in [-0.25, -0.2) is 8.42 Å². The minimum absolute atomic E-state index is 0.540. The van der Waals surface area contributed by atoms with Gasteiger partial charge in [-0.3, -0.25) is 4.79 Å². The smallest absolute Gasteiger partial charge is 0.245 e. The molecule has 4 nitrogen and oxygen atoms in total. The van der Waals surface area contributed by atoms with Crippen molar-refractivity contribution in [1.82, 2.24) is 0 Å². The number of rotatable bonds is 3. The van der Waals surface area contributed by atoms with Gasteiger partial charge in [-0.05, 0) is 38.1 Å². The first-order chi connectivity index (χ1) is 7.64. The van der Waals surface area contributed by atoms with Crippen molar-refractivity contribution in [2.45, 2.75) is 18.6 Å². The highest BCUT2D eigenvalue weighted by atomic mass is 79.9. The van der Waals surface area contributed by atoms with E-state index in [9.17, 15) is 13.2 Å². The van der Waals surface area contributed by atoms with E-state index < -0.39 is 20.5 Å². The first-order valence-corrected chi connectivity index (χ1v) is 7.59. The molecule has 0 aliphatic carbocycles.